The fourth-order valence-corrected chi connectivity index (χ4v) is 3.22. The Morgan fingerprint density at radius 1 is 0.857 bits per heavy atom. The Morgan fingerprint density at radius 3 is 2.18 bits per heavy atom. The first-order valence-electron chi connectivity index (χ1n) is 9.68. The van der Waals surface area contributed by atoms with Crippen molar-refractivity contribution >= 4 is 17.5 Å². The summed E-state index contributed by atoms with van der Waals surface area (Å²) in [7, 11) is 0. The van der Waals surface area contributed by atoms with E-state index in [4.69, 9.17) is 4.74 Å². The summed E-state index contributed by atoms with van der Waals surface area (Å²) in [5, 5.41) is 2.81. The highest BCUT2D eigenvalue weighted by Crippen LogP contribution is 2.15. The van der Waals surface area contributed by atoms with Gasteiger partial charge in [-0.2, -0.15) is 0 Å². The fraction of sp³-hybridized carbons (Fsp3) is 0.364. The Hall–Kier alpha value is -2.86. The molecule has 1 fully saturated rings. The summed E-state index contributed by atoms with van der Waals surface area (Å²) in [5.74, 6) is -0.262. The van der Waals surface area contributed by atoms with Gasteiger partial charge in [-0.15, -0.1) is 0 Å². The molecule has 1 aliphatic rings. The maximum atomic E-state index is 12.3. The van der Waals surface area contributed by atoms with Crippen LogP contribution in [0.3, 0.4) is 0 Å². The number of piperazine rings is 1. The van der Waals surface area contributed by atoms with Crippen molar-refractivity contribution in [3.8, 4) is 0 Å². The zero-order valence-corrected chi connectivity index (χ0v) is 16.0. The van der Waals surface area contributed by atoms with Gasteiger partial charge < -0.3 is 19.9 Å². The van der Waals surface area contributed by atoms with E-state index >= 15 is 0 Å². The maximum absolute atomic E-state index is 12.3. The Labute approximate surface area is 166 Å². The van der Waals surface area contributed by atoms with Crippen LogP contribution in [0, 0.1) is 0 Å². The molecule has 1 saturated heterocycles. The number of rotatable bonds is 8. The third-order valence-corrected chi connectivity index (χ3v) is 4.79. The molecular formula is C22H27N3O3. The third-order valence-electron chi connectivity index (χ3n) is 4.79. The highest BCUT2D eigenvalue weighted by atomic mass is 16.5. The Balaban J connectivity index is 1.29. The quantitative estimate of drug-likeness (QED) is 0.756. The Bertz CT molecular complexity index is 744. The lowest BCUT2D eigenvalue weighted by atomic mass is 10.1. The Morgan fingerprint density at radius 2 is 1.50 bits per heavy atom. The highest BCUT2D eigenvalue weighted by molar-refractivity contribution is 5.79. The van der Waals surface area contributed by atoms with Crippen LogP contribution in [0.1, 0.15) is 5.56 Å². The average Bonchev–Trinajstić information content (AvgIpc) is 2.75. The molecule has 2 aromatic rings. The zero-order chi connectivity index (χ0) is 19.6. The molecule has 3 rings (SSSR count). The molecule has 0 saturated carbocycles. The smallest absolute Gasteiger partial charge is 0.248 e. The van der Waals surface area contributed by atoms with Crippen LogP contribution in [0.4, 0.5) is 5.69 Å². The van der Waals surface area contributed by atoms with Crippen molar-refractivity contribution in [2.75, 3.05) is 50.8 Å². The van der Waals surface area contributed by atoms with E-state index in [2.05, 4.69) is 22.3 Å². The highest BCUT2D eigenvalue weighted by Gasteiger charge is 2.21. The number of nitrogens with zero attached hydrogens (tertiary/aromatic N) is 2. The molecule has 1 N–H and O–H groups in total. The molecule has 6 nitrogen and oxygen atoms in total. The van der Waals surface area contributed by atoms with E-state index in [0.29, 0.717) is 19.6 Å². The lowest BCUT2D eigenvalue weighted by Gasteiger charge is -2.36. The summed E-state index contributed by atoms with van der Waals surface area (Å²) in [6, 6.07) is 20.2. The first kappa shape index (κ1) is 19.9. The number of anilines is 1. The molecular weight excluding hydrogens is 354 g/mol. The molecule has 0 spiro atoms. The summed E-state index contributed by atoms with van der Waals surface area (Å²) in [4.78, 5) is 28.2. The third kappa shape index (κ3) is 6.09. The molecule has 1 aliphatic heterocycles. The predicted octanol–water partition coefficient (Wildman–Crippen LogP) is 1.71. The van der Waals surface area contributed by atoms with E-state index in [1.54, 1.807) is 4.90 Å². The molecule has 1 heterocycles. The number of hydrogen-bond donors (Lipinski definition) is 1. The number of amides is 2. The van der Waals surface area contributed by atoms with Crippen LogP contribution < -0.4 is 10.2 Å². The van der Waals surface area contributed by atoms with Gasteiger partial charge in [0.1, 0.15) is 13.2 Å². The van der Waals surface area contributed by atoms with Gasteiger partial charge in [0, 0.05) is 38.4 Å². The van der Waals surface area contributed by atoms with E-state index < -0.39 is 0 Å². The SMILES string of the molecule is O=C(COCC(=O)N1CCN(c2ccccc2)CC1)NCCc1ccccc1. The second kappa shape index (κ2) is 10.5. The van der Waals surface area contributed by atoms with Crippen LogP contribution in [0.25, 0.3) is 0 Å². The van der Waals surface area contributed by atoms with E-state index in [1.807, 2.05) is 48.5 Å². The van der Waals surface area contributed by atoms with Crippen molar-refractivity contribution < 1.29 is 14.3 Å². The van der Waals surface area contributed by atoms with Gasteiger partial charge >= 0.3 is 0 Å². The summed E-state index contributed by atoms with van der Waals surface area (Å²) >= 11 is 0. The van der Waals surface area contributed by atoms with Crippen LogP contribution in [0.5, 0.6) is 0 Å². The monoisotopic (exact) mass is 381 g/mol. The van der Waals surface area contributed by atoms with Gasteiger partial charge in [-0.25, -0.2) is 0 Å². The van der Waals surface area contributed by atoms with Gasteiger partial charge in [-0.1, -0.05) is 48.5 Å². The second-order valence-corrected chi connectivity index (χ2v) is 6.78. The number of benzene rings is 2. The zero-order valence-electron chi connectivity index (χ0n) is 16.0. The van der Waals surface area contributed by atoms with Gasteiger partial charge in [0.2, 0.25) is 11.8 Å². The summed E-state index contributed by atoms with van der Waals surface area (Å²) in [6.07, 6.45) is 0.775. The minimum atomic E-state index is -0.197. The topological polar surface area (TPSA) is 61.9 Å². The van der Waals surface area contributed by atoms with Gasteiger partial charge in [0.15, 0.2) is 0 Å². The fourth-order valence-electron chi connectivity index (χ4n) is 3.22. The van der Waals surface area contributed by atoms with Crippen molar-refractivity contribution in [3.05, 3.63) is 66.2 Å². The molecule has 0 bridgehead atoms. The lowest BCUT2D eigenvalue weighted by molar-refractivity contribution is -0.138. The molecule has 28 heavy (non-hydrogen) atoms. The van der Waals surface area contributed by atoms with Crippen molar-refractivity contribution in [2.45, 2.75) is 6.42 Å². The van der Waals surface area contributed by atoms with Crippen molar-refractivity contribution in [1.82, 2.24) is 10.2 Å². The molecule has 0 aliphatic carbocycles. The number of carbonyl (C=O) groups excluding carboxylic acids is 2. The van der Waals surface area contributed by atoms with Crippen LogP contribution in [0.15, 0.2) is 60.7 Å². The van der Waals surface area contributed by atoms with E-state index in [9.17, 15) is 9.59 Å². The molecule has 0 radical (unpaired) electrons. The first-order valence-corrected chi connectivity index (χ1v) is 9.68. The van der Waals surface area contributed by atoms with Gasteiger partial charge in [0.05, 0.1) is 0 Å². The molecule has 0 aromatic heterocycles. The number of ether oxygens (including phenoxy) is 1. The first-order chi connectivity index (χ1) is 13.7. The van der Waals surface area contributed by atoms with Crippen LogP contribution in [0.2, 0.25) is 0 Å². The molecule has 6 heteroatoms. The number of hydrogen-bond acceptors (Lipinski definition) is 4. The molecule has 2 amide bonds. The number of nitrogens with one attached hydrogen (secondary N) is 1. The molecule has 148 valence electrons. The van der Waals surface area contributed by atoms with Crippen molar-refractivity contribution in [3.63, 3.8) is 0 Å². The van der Waals surface area contributed by atoms with Crippen LogP contribution in [-0.2, 0) is 20.7 Å². The summed E-state index contributed by atoms with van der Waals surface area (Å²) in [6.45, 7) is 3.34. The summed E-state index contributed by atoms with van der Waals surface area (Å²) in [5.41, 5.74) is 2.35. The van der Waals surface area contributed by atoms with E-state index in [0.717, 1.165) is 19.5 Å². The minimum Gasteiger partial charge on any atom is -0.368 e. The van der Waals surface area contributed by atoms with Crippen LogP contribution in [-0.4, -0.2) is 62.7 Å². The average molecular weight is 381 g/mol. The predicted molar refractivity (Wildman–Crippen MR) is 109 cm³/mol. The van der Waals surface area contributed by atoms with Crippen molar-refractivity contribution in [2.24, 2.45) is 0 Å². The maximum Gasteiger partial charge on any atom is 0.248 e. The van der Waals surface area contributed by atoms with E-state index in [-0.39, 0.29) is 25.0 Å². The molecule has 0 unspecified atom stereocenters. The lowest BCUT2D eigenvalue weighted by Crippen LogP contribution is -2.50. The number of carbonyl (C=O) groups is 2. The second-order valence-electron chi connectivity index (χ2n) is 6.78. The van der Waals surface area contributed by atoms with Crippen molar-refractivity contribution in [1.29, 1.82) is 0 Å². The molecule has 2 aromatic carbocycles. The largest absolute Gasteiger partial charge is 0.368 e. The van der Waals surface area contributed by atoms with Gasteiger partial charge in [-0.05, 0) is 24.1 Å². The van der Waals surface area contributed by atoms with Gasteiger partial charge in [0.25, 0.3) is 0 Å². The van der Waals surface area contributed by atoms with Crippen LogP contribution >= 0.6 is 0 Å². The van der Waals surface area contributed by atoms with E-state index in [1.165, 1.54) is 11.3 Å². The number of para-hydroxylation sites is 1. The standard InChI is InChI=1S/C22H27N3O3/c26-21(23-12-11-19-7-3-1-4-8-19)17-28-18-22(27)25-15-13-24(14-16-25)20-9-5-2-6-10-20/h1-10H,11-18H2,(H,23,26). The summed E-state index contributed by atoms with van der Waals surface area (Å²) < 4.78 is 5.31. The minimum absolute atomic E-state index is 0.0581. The normalized spacial score (nSPS) is 14.0. The van der Waals surface area contributed by atoms with Gasteiger partial charge in [-0.3, -0.25) is 9.59 Å². The Kier molecular flexibility index (Phi) is 7.44. The molecule has 0 atom stereocenters.